The van der Waals surface area contributed by atoms with Crippen molar-refractivity contribution in [1.29, 1.82) is 0 Å². The van der Waals surface area contributed by atoms with Gasteiger partial charge in [0.15, 0.2) is 0 Å². The maximum Gasteiger partial charge on any atom is 0.325 e. The van der Waals surface area contributed by atoms with E-state index >= 15 is 0 Å². The Bertz CT molecular complexity index is 465. The molecule has 5 heteroatoms. The van der Waals surface area contributed by atoms with E-state index in [4.69, 9.17) is 5.11 Å². The predicted molar refractivity (Wildman–Crippen MR) is 53.1 cm³/mol. The van der Waals surface area contributed by atoms with Gasteiger partial charge in [-0.15, -0.1) is 0 Å². The van der Waals surface area contributed by atoms with Gasteiger partial charge in [0.1, 0.15) is 6.54 Å². The van der Waals surface area contributed by atoms with E-state index in [0.29, 0.717) is 0 Å². The molecule has 0 unspecified atom stereocenters. The number of rotatable bonds is 3. The second kappa shape index (κ2) is 3.91. The van der Waals surface area contributed by atoms with Crippen LogP contribution in [0, 0.1) is 0 Å². The van der Waals surface area contributed by atoms with Gasteiger partial charge in [-0.2, -0.15) is 5.10 Å². The van der Waals surface area contributed by atoms with Crippen LogP contribution in [0.5, 0.6) is 0 Å². The van der Waals surface area contributed by atoms with Crippen molar-refractivity contribution in [1.82, 2.24) is 14.8 Å². The summed E-state index contributed by atoms with van der Waals surface area (Å²) < 4.78 is 1.39. The minimum absolute atomic E-state index is 0.120. The van der Waals surface area contributed by atoms with Crippen molar-refractivity contribution in [2.75, 3.05) is 0 Å². The zero-order chi connectivity index (χ0) is 10.7. The van der Waals surface area contributed by atoms with Crippen LogP contribution in [0.25, 0.3) is 11.1 Å². The summed E-state index contributed by atoms with van der Waals surface area (Å²) in [4.78, 5) is 14.3. The van der Waals surface area contributed by atoms with Crippen LogP contribution in [-0.2, 0) is 11.3 Å². The van der Waals surface area contributed by atoms with Gasteiger partial charge in [-0.3, -0.25) is 14.5 Å². The minimum atomic E-state index is -0.903. The van der Waals surface area contributed by atoms with E-state index in [1.165, 1.54) is 4.68 Å². The maximum atomic E-state index is 10.4. The standard InChI is InChI=1S/C10H9N3O2/c14-10(15)7-13-6-9(5-12-13)8-1-3-11-4-2-8/h1-6H,7H2,(H,14,15). The summed E-state index contributed by atoms with van der Waals surface area (Å²) in [5, 5.41) is 12.5. The van der Waals surface area contributed by atoms with Crippen molar-refractivity contribution >= 4 is 5.97 Å². The molecule has 0 aliphatic carbocycles. The third-order valence-electron chi connectivity index (χ3n) is 1.94. The molecule has 0 amide bonds. The summed E-state index contributed by atoms with van der Waals surface area (Å²) in [6.07, 6.45) is 6.70. The first kappa shape index (κ1) is 9.39. The lowest BCUT2D eigenvalue weighted by molar-refractivity contribution is -0.137. The van der Waals surface area contributed by atoms with Crippen LogP contribution in [0.15, 0.2) is 36.9 Å². The molecular formula is C10H9N3O2. The van der Waals surface area contributed by atoms with Gasteiger partial charge in [-0.05, 0) is 17.7 Å². The molecule has 5 nitrogen and oxygen atoms in total. The number of pyridine rings is 1. The largest absolute Gasteiger partial charge is 0.480 e. The number of nitrogens with zero attached hydrogens (tertiary/aromatic N) is 3. The maximum absolute atomic E-state index is 10.4. The van der Waals surface area contributed by atoms with Crippen molar-refractivity contribution in [3.63, 3.8) is 0 Å². The number of hydrogen-bond acceptors (Lipinski definition) is 3. The number of carboxylic acids is 1. The third-order valence-corrected chi connectivity index (χ3v) is 1.94. The van der Waals surface area contributed by atoms with Crippen LogP contribution >= 0.6 is 0 Å². The van der Waals surface area contributed by atoms with Crippen molar-refractivity contribution in [2.45, 2.75) is 6.54 Å². The third kappa shape index (κ3) is 2.19. The van der Waals surface area contributed by atoms with Crippen LogP contribution in [-0.4, -0.2) is 25.8 Å². The monoisotopic (exact) mass is 203 g/mol. The molecule has 0 saturated carbocycles. The minimum Gasteiger partial charge on any atom is -0.480 e. The van der Waals surface area contributed by atoms with Crippen LogP contribution in [0.2, 0.25) is 0 Å². The molecule has 2 rings (SSSR count). The van der Waals surface area contributed by atoms with Crippen molar-refractivity contribution in [3.8, 4) is 11.1 Å². The van der Waals surface area contributed by atoms with Gasteiger partial charge in [0.05, 0.1) is 6.20 Å². The van der Waals surface area contributed by atoms with E-state index in [0.717, 1.165) is 11.1 Å². The molecule has 0 aliphatic rings. The Morgan fingerprint density at radius 2 is 2.07 bits per heavy atom. The van der Waals surface area contributed by atoms with E-state index in [2.05, 4.69) is 10.1 Å². The molecule has 1 N–H and O–H groups in total. The van der Waals surface area contributed by atoms with Gasteiger partial charge >= 0.3 is 5.97 Å². The lowest BCUT2D eigenvalue weighted by atomic mass is 10.1. The molecule has 2 heterocycles. The topological polar surface area (TPSA) is 68.0 Å². The summed E-state index contributed by atoms with van der Waals surface area (Å²) >= 11 is 0. The number of carboxylic acid groups (broad SMARTS) is 1. The molecule has 0 aliphatic heterocycles. The molecule has 0 atom stereocenters. The molecule has 0 aromatic carbocycles. The highest BCUT2D eigenvalue weighted by Gasteiger charge is 2.03. The van der Waals surface area contributed by atoms with Crippen molar-refractivity contribution in [3.05, 3.63) is 36.9 Å². The van der Waals surface area contributed by atoms with Gasteiger partial charge in [0.2, 0.25) is 0 Å². The SMILES string of the molecule is O=C(O)Cn1cc(-c2ccncc2)cn1. The summed E-state index contributed by atoms with van der Waals surface area (Å²) in [6.45, 7) is -0.120. The number of hydrogen-bond donors (Lipinski definition) is 1. The number of carbonyl (C=O) groups is 1. The highest BCUT2D eigenvalue weighted by molar-refractivity contribution is 5.67. The summed E-state index contributed by atoms with van der Waals surface area (Å²) in [5.41, 5.74) is 1.86. The van der Waals surface area contributed by atoms with E-state index in [1.54, 1.807) is 24.8 Å². The molecular weight excluding hydrogens is 194 g/mol. The van der Waals surface area contributed by atoms with E-state index < -0.39 is 5.97 Å². The zero-order valence-corrected chi connectivity index (χ0v) is 7.87. The summed E-state index contributed by atoms with van der Waals surface area (Å²) in [6, 6.07) is 3.70. The first-order chi connectivity index (χ1) is 7.25. The summed E-state index contributed by atoms with van der Waals surface area (Å²) in [5.74, 6) is -0.903. The molecule has 2 aromatic rings. The Kier molecular flexibility index (Phi) is 2.45. The van der Waals surface area contributed by atoms with Crippen LogP contribution in [0.1, 0.15) is 0 Å². The fourth-order valence-electron chi connectivity index (χ4n) is 1.28. The Morgan fingerprint density at radius 3 is 2.73 bits per heavy atom. The molecule has 0 spiro atoms. The van der Waals surface area contributed by atoms with Gasteiger partial charge in [0.25, 0.3) is 0 Å². The molecule has 15 heavy (non-hydrogen) atoms. The predicted octanol–water partition coefficient (Wildman–Crippen LogP) is 1.03. The molecule has 2 aromatic heterocycles. The first-order valence-electron chi connectivity index (χ1n) is 4.40. The zero-order valence-electron chi connectivity index (χ0n) is 7.87. The van der Waals surface area contributed by atoms with Crippen molar-refractivity contribution < 1.29 is 9.90 Å². The van der Waals surface area contributed by atoms with Gasteiger partial charge in [-0.25, -0.2) is 0 Å². The smallest absolute Gasteiger partial charge is 0.325 e. The van der Waals surface area contributed by atoms with E-state index in [9.17, 15) is 4.79 Å². The highest BCUT2D eigenvalue weighted by Crippen LogP contribution is 2.16. The van der Waals surface area contributed by atoms with Crippen LogP contribution in [0.4, 0.5) is 0 Å². The fraction of sp³-hybridized carbons (Fsp3) is 0.100. The quantitative estimate of drug-likeness (QED) is 0.808. The highest BCUT2D eigenvalue weighted by atomic mass is 16.4. The fourth-order valence-corrected chi connectivity index (χ4v) is 1.28. The van der Waals surface area contributed by atoms with E-state index in [-0.39, 0.29) is 6.54 Å². The molecule has 0 saturated heterocycles. The normalized spacial score (nSPS) is 10.1. The van der Waals surface area contributed by atoms with Gasteiger partial charge in [-0.1, -0.05) is 0 Å². The average molecular weight is 203 g/mol. The Balaban J connectivity index is 2.24. The molecule has 0 bridgehead atoms. The molecule has 76 valence electrons. The summed E-state index contributed by atoms with van der Waals surface area (Å²) in [7, 11) is 0. The first-order valence-corrected chi connectivity index (χ1v) is 4.40. The Labute approximate surface area is 86.0 Å². The molecule has 0 radical (unpaired) electrons. The van der Waals surface area contributed by atoms with E-state index in [1.807, 2.05) is 12.1 Å². The second-order valence-corrected chi connectivity index (χ2v) is 3.06. The number of aromatic nitrogens is 3. The Hall–Kier alpha value is -2.17. The second-order valence-electron chi connectivity index (χ2n) is 3.06. The average Bonchev–Trinajstić information content (AvgIpc) is 2.67. The van der Waals surface area contributed by atoms with Crippen molar-refractivity contribution in [2.24, 2.45) is 0 Å². The lowest BCUT2D eigenvalue weighted by Gasteiger charge is -1.95. The Morgan fingerprint density at radius 1 is 1.33 bits per heavy atom. The molecule has 0 fully saturated rings. The van der Waals surface area contributed by atoms with Crippen LogP contribution in [0.3, 0.4) is 0 Å². The lowest BCUT2D eigenvalue weighted by Crippen LogP contribution is -2.08. The van der Waals surface area contributed by atoms with Gasteiger partial charge < -0.3 is 5.11 Å². The number of aliphatic carboxylic acids is 1. The van der Waals surface area contributed by atoms with Crippen LogP contribution < -0.4 is 0 Å². The van der Waals surface area contributed by atoms with Gasteiger partial charge in [0, 0.05) is 24.2 Å².